The molecule has 4 heteroatoms. The molecule has 0 unspecified atom stereocenters. The fourth-order valence-electron chi connectivity index (χ4n) is 1.96. The molecule has 0 saturated heterocycles. The molecule has 2 aromatic rings. The van der Waals surface area contributed by atoms with Crippen molar-refractivity contribution in [1.29, 1.82) is 0 Å². The van der Waals surface area contributed by atoms with Gasteiger partial charge in [0.15, 0.2) is 6.61 Å². The topological polar surface area (TPSA) is 50.7 Å². The van der Waals surface area contributed by atoms with Gasteiger partial charge in [-0.1, -0.05) is 36.4 Å². The minimum absolute atomic E-state index is 0.0601. The zero-order valence-corrected chi connectivity index (χ0v) is 13.1. The molecule has 114 valence electrons. The molecular formula is C18H20N2O2. The Kier molecular flexibility index (Phi) is 5.31. The molecule has 0 aromatic heterocycles. The van der Waals surface area contributed by atoms with Crippen LogP contribution in [0.25, 0.3) is 0 Å². The third-order valence-corrected chi connectivity index (χ3v) is 3.50. The lowest BCUT2D eigenvalue weighted by Gasteiger charge is -2.09. The highest BCUT2D eigenvalue weighted by Crippen LogP contribution is 2.20. The van der Waals surface area contributed by atoms with Gasteiger partial charge in [0.25, 0.3) is 5.91 Å². The molecule has 2 rings (SSSR count). The molecule has 0 fully saturated rings. The second-order valence-corrected chi connectivity index (χ2v) is 5.14. The number of amides is 1. The summed E-state index contributed by atoms with van der Waals surface area (Å²) in [5.74, 6) is 0.434. The number of carbonyl (C=O) groups excluding carboxylic acids is 1. The monoisotopic (exact) mass is 296 g/mol. The van der Waals surface area contributed by atoms with Crippen LogP contribution in [0.15, 0.2) is 47.6 Å². The van der Waals surface area contributed by atoms with Gasteiger partial charge < -0.3 is 4.74 Å². The van der Waals surface area contributed by atoms with Crippen LogP contribution in [0.1, 0.15) is 22.3 Å². The van der Waals surface area contributed by atoms with Gasteiger partial charge in [0.05, 0.1) is 6.21 Å². The lowest BCUT2D eigenvalue weighted by molar-refractivity contribution is -0.123. The maximum atomic E-state index is 11.7. The van der Waals surface area contributed by atoms with Gasteiger partial charge in [-0.3, -0.25) is 4.79 Å². The summed E-state index contributed by atoms with van der Waals surface area (Å²) in [5, 5.41) is 3.95. The van der Waals surface area contributed by atoms with Crippen LogP contribution in [0, 0.1) is 20.8 Å². The summed E-state index contributed by atoms with van der Waals surface area (Å²) in [6, 6.07) is 13.6. The first-order valence-corrected chi connectivity index (χ1v) is 7.14. The van der Waals surface area contributed by atoms with Crippen molar-refractivity contribution in [1.82, 2.24) is 5.43 Å². The summed E-state index contributed by atoms with van der Waals surface area (Å²) >= 11 is 0. The Balaban J connectivity index is 1.86. The number of hydrogen-bond donors (Lipinski definition) is 1. The lowest BCUT2D eigenvalue weighted by Crippen LogP contribution is -2.24. The average Bonchev–Trinajstić information content (AvgIpc) is 2.51. The van der Waals surface area contributed by atoms with E-state index in [1.54, 1.807) is 6.21 Å². The molecule has 22 heavy (non-hydrogen) atoms. The Hall–Kier alpha value is -2.62. The summed E-state index contributed by atoms with van der Waals surface area (Å²) in [5.41, 5.74) is 6.72. The molecule has 0 saturated carbocycles. The molecule has 0 spiro atoms. The Bertz CT molecular complexity index is 693. The Morgan fingerprint density at radius 2 is 1.82 bits per heavy atom. The molecule has 2 aromatic carbocycles. The number of hydrogen-bond acceptors (Lipinski definition) is 3. The van der Waals surface area contributed by atoms with Crippen molar-refractivity contribution in [3.05, 3.63) is 64.7 Å². The van der Waals surface area contributed by atoms with Gasteiger partial charge in [0, 0.05) is 0 Å². The van der Waals surface area contributed by atoms with E-state index < -0.39 is 0 Å². The zero-order chi connectivity index (χ0) is 15.9. The van der Waals surface area contributed by atoms with E-state index in [4.69, 9.17) is 4.74 Å². The highest BCUT2D eigenvalue weighted by Gasteiger charge is 2.05. The number of carbonyl (C=O) groups is 1. The highest BCUT2D eigenvalue weighted by molar-refractivity contribution is 5.84. The molecule has 0 radical (unpaired) electrons. The van der Waals surface area contributed by atoms with E-state index >= 15 is 0 Å². The first-order chi connectivity index (χ1) is 10.6. The number of ether oxygens (including phenoxy) is 1. The largest absolute Gasteiger partial charge is 0.483 e. The number of rotatable bonds is 5. The van der Waals surface area contributed by atoms with E-state index in [1.165, 1.54) is 0 Å². The van der Waals surface area contributed by atoms with Crippen molar-refractivity contribution in [2.75, 3.05) is 6.61 Å². The molecule has 0 aliphatic heterocycles. The van der Waals surface area contributed by atoms with Crippen LogP contribution in [0.4, 0.5) is 0 Å². The normalized spacial score (nSPS) is 10.7. The number of nitrogens with one attached hydrogen (secondary N) is 1. The number of aryl methyl sites for hydroxylation is 2. The van der Waals surface area contributed by atoms with Gasteiger partial charge in [-0.25, -0.2) is 5.43 Å². The minimum Gasteiger partial charge on any atom is -0.483 e. The van der Waals surface area contributed by atoms with Crippen LogP contribution in [0.5, 0.6) is 5.75 Å². The Morgan fingerprint density at radius 1 is 1.09 bits per heavy atom. The van der Waals surface area contributed by atoms with Gasteiger partial charge in [-0.15, -0.1) is 0 Å². The smallest absolute Gasteiger partial charge is 0.277 e. The summed E-state index contributed by atoms with van der Waals surface area (Å²) in [4.78, 5) is 11.7. The Labute approximate surface area is 130 Å². The molecule has 0 atom stereocenters. The number of nitrogens with zero attached hydrogens (tertiary/aromatic N) is 1. The lowest BCUT2D eigenvalue weighted by atomic mass is 10.1. The van der Waals surface area contributed by atoms with Crippen LogP contribution in [-0.4, -0.2) is 18.7 Å². The van der Waals surface area contributed by atoms with Crippen molar-refractivity contribution < 1.29 is 9.53 Å². The van der Waals surface area contributed by atoms with Crippen LogP contribution < -0.4 is 10.2 Å². The van der Waals surface area contributed by atoms with Crippen LogP contribution >= 0.6 is 0 Å². The first kappa shape index (κ1) is 15.8. The Morgan fingerprint density at radius 3 is 2.59 bits per heavy atom. The van der Waals surface area contributed by atoms with Crippen molar-refractivity contribution >= 4 is 12.1 Å². The molecule has 0 aliphatic rings. The molecule has 4 nitrogen and oxygen atoms in total. The third-order valence-electron chi connectivity index (χ3n) is 3.50. The van der Waals surface area contributed by atoms with E-state index in [-0.39, 0.29) is 12.5 Å². The molecule has 1 N–H and O–H groups in total. The number of benzene rings is 2. The SMILES string of the molecule is Cc1ccccc1/C=N\NC(=O)COc1cccc(C)c1C. The summed E-state index contributed by atoms with van der Waals surface area (Å²) in [6.07, 6.45) is 1.63. The zero-order valence-electron chi connectivity index (χ0n) is 13.1. The van der Waals surface area contributed by atoms with E-state index in [0.29, 0.717) is 0 Å². The highest BCUT2D eigenvalue weighted by atomic mass is 16.5. The predicted molar refractivity (Wildman–Crippen MR) is 88.3 cm³/mol. The molecular weight excluding hydrogens is 276 g/mol. The van der Waals surface area contributed by atoms with E-state index in [9.17, 15) is 4.79 Å². The van der Waals surface area contributed by atoms with Crippen LogP contribution in [0.2, 0.25) is 0 Å². The van der Waals surface area contributed by atoms with Gasteiger partial charge in [-0.2, -0.15) is 5.10 Å². The summed E-state index contributed by atoms with van der Waals surface area (Å²) in [7, 11) is 0. The molecule has 0 heterocycles. The summed E-state index contributed by atoms with van der Waals surface area (Å²) < 4.78 is 5.52. The molecule has 0 aliphatic carbocycles. The van der Waals surface area contributed by atoms with Crippen molar-refractivity contribution in [2.45, 2.75) is 20.8 Å². The summed E-state index contributed by atoms with van der Waals surface area (Å²) in [6.45, 7) is 5.91. The second-order valence-electron chi connectivity index (χ2n) is 5.14. The molecule has 0 bridgehead atoms. The number of hydrazone groups is 1. The van der Waals surface area contributed by atoms with Crippen molar-refractivity contribution in [3.8, 4) is 5.75 Å². The maximum Gasteiger partial charge on any atom is 0.277 e. The fraction of sp³-hybridized carbons (Fsp3) is 0.222. The van der Waals surface area contributed by atoms with Gasteiger partial charge in [-0.05, 0) is 49.1 Å². The van der Waals surface area contributed by atoms with Crippen molar-refractivity contribution in [2.24, 2.45) is 5.10 Å². The van der Waals surface area contributed by atoms with Crippen LogP contribution in [0.3, 0.4) is 0 Å². The van der Waals surface area contributed by atoms with E-state index in [0.717, 1.165) is 28.0 Å². The standard InChI is InChI=1S/C18H20N2O2/c1-13-8-6-10-17(15(13)3)22-12-18(21)20-19-11-16-9-5-4-7-14(16)2/h4-11H,12H2,1-3H3,(H,20,21)/b19-11-. The van der Waals surface area contributed by atoms with Gasteiger partial charge in [0.2, 0.25) is 0 Å². The van der Waals surface area contributed by atoms with E-state index in [1.807, 2.05) is 63.2 Å². The first-order valence-electron chi connectivity index (χ1n) is 7.14. The minimum atomic E-state index is -0.286. The van der Waals surface area contributed by atoms with Crippen LogP contribution in [-0.2, 0) is 4.79 Å². The quantitative estimate of drug-likeness (QED) is 0.680. The van der Waals surface area contributed by atoms with Crippen molar-refractivity contribution in [3.63, 3.8) is 0 Å². The van der Waals surface area contributed by atoms with Gasteiger partial charge >= 0.3 is 0 Å². The maximum absolute atomic E-state index is 11.7. The average molecular weight is 296 g/mol. The third kappa shape index (κ3) is 4.19. The predicted octanol–water partition coefficient (Wildman–Crippen LogP) is 3.14. The fourth-order valence-corrected chi connectivity index (χ4v) is 1.96. The van der Waals surface area contributed by atoms with Gasteiger partial charge in [0.1, 0.15) is 5.75 Å². The second kappa shape index (κ2) is 7.41. The molecule has 1 amide bonds. The van der Waals surface area contributed by atoms with E-state index in [2.05, 4.69) is 10.5 Å².